The van der Waals surface area contributed by atoms with Crippen LogP contribution in [0.2, 0.25) is 0 Å². The van der Waals surface area contributed by atoms with Gasteiger partial charge in [-0.15, -0.1) is 0 Å². The van der Waals surface area contributed by atoms with Gasteiger partial charge >= 0.3 is 11.9 Å². The largest absolute Gasteiger partial charge is 0.462 e. The Balaban J connectivity index is 1.65. The van der Waals surface area contributed by atoms with Crippen molar-refractivity contribution < 1.29 is 19.1 Å². The summed E-state index contributed by atoms with van der Waals surface area (Å²) < 4.78 is 10.8. The second kappa shape index (κ2) is 9.57. The van der Waals surface area contributed by atoms with Crippen LogP contribution in [0.5, 0.6) is 0 Å². The molecule has 1 unspecified atom stereocenters. The zero-order valence-corrected chi connectivity index (χ0v) is 17.7. The van der Waals surface area contributed by atoms with Crippen molar-refractivity contribution in [3.8, 4) is 11.1 Å². The van der Waals surface area contributed by atoms with Crippen molar-refractivity contribution >= 4 is 11.9 Å². The molecule has 4 nitrogen and oxygen atoms in total. The minimum Gasteiger partial charge on any atom is -0.462 e. The summed E-state index contributed by atoms with van der Waals surface area (Å²) in [6.45, 7) is 11.0. The van der Waals surface area contributed by atoms with E-state index in [2.05, 4.69) is 43.5 Å². The first-order valence-corrected chi connectivity index (χ1v) is 10.3. The molecule has 0 N–H and O–H groups in total. The van der Waals surface area contributed by atoms with E-state index in [0.29, 0.717) is 17.8 Å². The van der Waals surface area contributed by atoms with E-state index < -0.39 is 0 Å². The van der Waals surface area contributed by atoms with Crippen molar-refractivity contribution in [1.29, 1.82) is 0 Å². The first-order chi connectivity index (χ1) is 14.4. The lowest BCUT2D eigenvalue weighted by Crippen LogP contribution is -2.09. The van der Waals surface area contributed by atoms with Gasteiger partial charge in [-0.1, -0.05) is 55.6 Å². The van der Waals surface area contributed by atoms with Gasteiger partial charge in [0.1, 0.15) is 6.10 Å². The molecule has 0 fully saturated rings. The van der Waals surface area contributed by atoms with E-state index in [9.17, 15) is 9.59 Å². The van der Waals surface area contributed by atoms with Gasteiger partial charge in [-0.3, -0.25) is 0 Å². The van der Waals surface area contributed by atoms with Gasteiger partial charge in [0.2, 0.25) is 0 Å². The Morgan fingerprint density at radius 2 is 1.70 bits per heavy atom. The van der Waals surface area contributed by atoms with Crippen molar-refractivity contribution in [2.45, 2.75) is 45.6 Å². The van der Waals surface area contributed by atoms with Crippen molar-refractivity contribution in [3.63, 3.8) is 0 Å². The van der Waals surface area contributed by atoms with Crippen LogP contribution in [-0.2, 0) is 31.9 Å². The van der Waals surface area contributed by atoms with Crippen LogP contribution in [0.4, 0.5) is 0 Å². The number of carbonyl (C=O) groups is 2. The topological polar surface area (TPSA) is 52.6 Å². The molecule has 0 amide bonds. The molecule has 156 valence electrons. The molecule has 0 saturated carbocycles. The molecule has 0 radical (unpaired) electrons. The van der Waals surface area contributed by atoms with Crippen LogP contribution in [0.1, 0.15) is 49.5 Å². The summed E-state index contributed by atoms with van der Waals surface area (Å²) in [5, 5.41) is 0. The van der Waals surface area contributed by atoms with Crippen LogP contribution in [-0.4, -0.2) is 18.5 Å². The number of rotatable bonds is 8. The molecule has 30 heavy (non-hydrogen) atoms. The third kappa shape index (κ3) is 5.07. The summed E-state index contributed by atoms with van der Waals surface area (Å²) in [5.74, 6) is -0.674. The maximum absolute atomic E-state index is 11.9. The Bertz CT molecular complexity index is 969. The second-order valence-corrected chi connectivity index (χ2v) is 7.80. The van der Waals surface area contributed by atoms with Crippen molar-refractivity contribution in [3.05, 3.63) is 83.5 Å². The van der Waals surface area contributed by atoms with Gasteiger partial charge in [-0.25, -0.2) is 9.59 Å². The van der Waals surface area contributed by atoms with E-state index in [4.69, 9.17) is 9.47 Å². The van der Waals surface area contributed by atoms with Gasteiger partial charge < -0.3 is 9.47 Å². The molecule has 0 saturated heterocycles. The summed E-state index contributed by atoms with van der Waals surface area (Å²) in [6.07, 6.45) is 3.09. The highest BCUT2D eigenvalue weighted by Crippen LogP contribution is 2.39. The maximum atomic E-state index is 11.9. The number of benzene rings is 2. The number of hydrogen-bond acceptors (Lipinski definition) is 4. The summed E-state index contributed by atoms with van der Waals surface area (Å²) >= 11 is 0. The molecule has 0 spiro atoms. The van der Waals surface area contributed by atoms with Crippen LogP contribution in [0.3, 0.4) is 0 Å². The molecular formula is C26H28O4. The van der Waals surface area contributed by atoms with Gasteiger partial charge in [0.25, 0.3) is 0 Å². The van der Waals surface area contributed by atoms with Gasteiger partial charge in [0.05, 0.1) is 6.61 Å². The highest BCUT2D eigenvalue weighted by atomic mass is 16.5. The number of hydrogen-bond donors (Lipinski definition) is 0. The third-order valence-corrected chi connectivity index (χ3v) is 5.27. The summed E-state index contributed by atoms with van der Waals surface area (Å²) in [4.78, 5) is 23.3. The zero-order valence-electron chi connectivity index (χ0n) is 17.7. The molecule has 0 bridgehead atoms. The summed E-state index contributed by atoms with van der Waals surface area (Å²) in [5.41, 5.74) is 6.71. The van der Waals surface area contributed by atoms with Crippen LogP contribution >= 0.6 is 0 Å². The molecule has 0 aliphatic heterocycles. The summed E-state index contributed by atoms with van der Waals surface area (Å²) in [7, 11) is 0. The fourth-order valence-corrected chi connectivity index (χ4v) is 3.65. The van der Waals surface area contributed by atoms with Crippen LogP contribution in [0, 0.1) is 0 Å². The highest BCUT2D eigenvalue weighted by molar-refractivity contribution is 5.87. The van der Waals surface area contributed by atoms with E-state index in [1.54, 1.807) is 13.8 Å². The van der Waals surface area contributed by atoms with E-state index in [1.807, 2.05) is 12.1 Å². The lowest BCUT2D eigenvalue weighted by molar-refractivity contribution is -0.144. The van der Waals surface area contributed by atoms with E-state index in [-0.39, 0.29) is 18.0 Å². The standard InChI is InChI=1S/C26H28O4/c1-17(2)25(27)29-16-6-7-19-10-12-20(13-11-19)21-8-5-9-23-22(21)14-15-24(23)30-26(28)18(3)4/h5,8-13,24H,1,3,6-7,14-16H2,2,4H3. The first kappa shape index (κ1) is 21.6. The first-order valence-electron chi connectivity index (χ1n) is 10.3. The molecule has 1 aliphatic rings. The average Bonchev–Trinajstić information content (AvgIpc) is 3.14. The number of esters is 2. The Morgan fingerprint density at radius 1 is 1.00 bits per heavy atom. The molecule has 3 rings (SSSR count). The van der Waals surface area contributed by atoms with Crippen LogP contribution in [0.25, 0.3) is 11.1 Å². The minimum atomic E-state index is -0.337. The lowest BCUT2D eigenvalue weighted by atomic mass is 9.95. The third-order valence-electron chi connectivity index (χ3n) is 5.27. The Morgan fingerprint density at radius 3 is 2.37 bits per heavy atom. The zero-order chi connectivity index (χ0) is 21.7. The van der Waals surface area contributed by atoms with Gasteiger partial charge in [0.15, 0.2) is 0 Å². The SMILES string of the molecule is C=C(C)C(=O)OCCCc1ccc(-c2cccc3c2CCC3OC(=O)C(=C)C)cc1. The fraction of sp³-hybridized carbons (Fsp3) is 0.308. The van der Waals surface area contributed by atoms with Crippen LogP contribution < -0.4 is 0 Å². The number of ether oxygens (including phenoxy) is 2. The van der Waals surface area contributed by atoms with Crippen LogP contribution in [0.15, 0.2) is 66.8 Å². The van der Waals surface area contributed by atoms with Crippen molar-refractivity contribution in [2.24, 2.45) is 0 Å². The van der Waals surface area contributed by atoms with E-state index >= 15 is 0 Å². The normalized spacial score (nSPS) is 14.7. The second-order valence-electron chi connectivity index (χ2n) is 7.80. The predicted octanol–water partition coefficient (Wildman–Crippen LogP) is 5.51. The fourth-order valence-electron chi connectivity index (χ4n) is 3.65. The summed E-state index contributed by atoms with van der Waals surface area (Å²) in [6, 6.07) is 14.7. The quantitative estimate of drug-likeness (QED) is 0.331. The molecule has 4 heteroatoms. The highest BCUT2D eigenvalue weighted by Gasteiger charge is 2.28. The molecule has 1 aliphatic carbocycles. The Labute approximate surface area is 178 Å². The molecule has 2 aromatic carbocycles. The van der Waals surface area contributed by atoms with Gasteiger partial charge in [-0.05, 0) is 67.3 Å². The van der Waals surface area contributed by atoms with Crippen molar-refractivity contribution in [1.82, 2.24) is 0 Å². The van der Waals surface area contributed by atoms with Gasteiger partial charge in [-0.2, -0.15) is 0 Å². The van der Waals surface area contributed by atoms with Crippen molar-refractivity contribution in [2.75, 3.05) is 6.61 Å². The average molecular weight is 405 g/mol. The molecule has 0 heterocycles. The maximum Gasteiger partial charge on any atom is 0.333 e. The Hall–Kier alpha value is -3.14. The molecular weight excluding hydrogens is 376 g/mol. The number of fused-ring (bicyclic) bond motifs is 1. The molecule has 0 aromatic heterocycles. The van der Waals surface area contributed by atoms with E-state index in [1.165, 1.54) is 16.7 Å². The smallest absolute Gasteiger partial charge is 0.333 e. The molecule has 2 aromatic rings. The van der Waals surface area contributed by atoms with Gasteiger partial charge in [0, 0.05) is 11.1 Å². The van der Waals surface area contributed by atoms with E-state index in [0.717, 1.165) is 36.8 Å². The number of carbonyl (C=O) groups excluding carboxylic acids is 2. The number of aryl methyl sites for hydroxylation is 1. The lowest BCUT2D eigenvalue weighted by Gasteiger charge is -2.14. The monoisotopic (exact) mass is 404 g/mol. The minimum absolute atomic E-state index is 0.203. The molecule has 1 atom stereocenters. The predicted molar refractivity (Wildman–Crippen MR) is 118 cm³/mol. The Kier molecular flexibility index (Phi) is 6.88.